The van der Waals surface area contributed by atoms with Crippen LogP contribution in [0.5, 0.6) is 0 Å². The van der Waals surface area contributed by atoms with E-state index in [9.17, 15) is 5.11 Å². The van der Waals surface area contributed by atoms with Gasteiger partial charge in [0.2, 0.25) is 0 Å². The van der Waals surface area contributed by atoms with E-state index >= 15 is 0 Å². The predicted octanol–water partition coefficient (Wildman–Crippen LogP) is 2.68. The highest BCUT2D eigenvalue weighted by atomic mass is 79.9. The second kappa shape index (κ2) is 4.58. The molecule has 1 heterocycles. The van der Waals surface area contributed by atoms with Gasteiger partial charge >= 0.3 is 0 Å². The van der Waals surface area contributed by atoms with Gasteiger partial charge in [0, 0.05) is 10.7 Å². The molecule has 0 amide bonds. The van der Waals surface area contributed by atoms with Gasteiger partial charge in [-0.25, -0.2) is 0 Å². The van der Waals surface area contributed by atoms with Crippen LogP contribution in [0.15, 0.2) is 22.8 Å². The second-order valence-electron chi connectivity index (χ2n) is 2.67. The summed E-state index contributed by atoms with van der Waals surface area (Å²) in [5, 5.41) is 9.61. The quantitative estimate of drug-likeness (QED) is 0.865. The van der Waals surface area contributed by atoms with Crippen LogP contribution < -0.4 is 0 Å². The van der Waals surface area contributed by atoms with Gasteiger partial charge in [-0.05, 0) is 34.5 Å². The summed E-state index contributed by atoms with van der Waals surface area (Å²) < 4.78 is 0.881. The number of aliphatic hydroxyl groups excluding tert-OH is 1. The third-order valence-corrected chi connectivity index (χ3v) is 2.34. The van der Waals surface area contributed by atoms with Gasteiger partial charge < -0.3 is 5.11 Å². The molecule has 0 bridgehead atoms. The van der Waals surface area contributed by atoms with Crippen molar-refractivity contribution in [3.05, 3.63) is 28.5 Å². The van der Waals surface area contributed by atoms with E-state index in [1.165, 1.54) is 0 Å². The van der Waals surface area contributed by atoms with E-state index in [-0.39, 0.29) is 0 Å². The molecule has 0 aliphatic rings. The van der Waals surface area contributed by atoms with Crippen LogP contribution in [0.2, 0.25) is 0 Å². The third-order valence-electron chi connectivity index (χ3n) is 1.66. The molecule has 1 atom stereocenters. The number of halogens is 1. The fourth-order valence-electron chi connectivity index (χ4n) is 1.05. The first-order valence-electron chi connectivity index (χ1n) is 4.04. The number of hydrogen-bond donors (Lipinski definition) is 1. The topological polar surface area (TPSA) is 33.1 Å². The standard InChI is InChI=1S/C9H12BrNO/c1-2-4-8(12)9-7(10)5-3-6-11-9/h3,5-6,8,12H,2,4H2,1H3/t8-/m0/s1. The summed E-state index contributed by atoms with van der Waals surface area (Å²) in [6.07, 6.45) is 2.98. The average Bonchev–Trinajstić information content (AvgIpc) is 2.05. The lowest BCUT2D eigenvalue weighted by molar-refractivity contribution is 0.161. The van der Waals surface area contributed by atoms with Crippen LogP contribution in [-0.4, -0.2) is 10.1 Å². The number of aromatic nitrogens is 1. The van der Waals surface area contributed by atoms with Crippen LogP contribution in [0.25, 0.3) is 0 Å². The Morgan fingerprint density at radius 2 is 2.42 bits per heavy atom. The van der Waals surface area contributed by atoms with Crippen LogP contribution in [0.3, 0.4) is 0 Å². The van der Waals surface area contributed by atoms with Gasteiger partial charge in [0.25, 0.3) is 0 Å². The molecule has 0 aromatic carbocycles. The molecule has 1 rings (SSSR count). The Morgan fingerprint density at radius 1 is 1.67 bits per heavy atom. The van der Waals surface area contributed by atoms with Crippen molar-refractivity contribution in [3.8, 4) is 0 Å². The Balaban J connectivity index is 2.79. The molecule has 3 heteroatoms. The minimum absolute atomic E-state index is 0.439. The molecule has 66 valence electrons. The summed E-state index contributed by atoms with van der Waals surface area (Å²) in [7, 11) is 0. The lowest BCUT2D eigenvalue weighted by Crippen LogP contribution is -2.00. The van der Waals surface area contributed by atoms with E-state index in [0.717, 1.165) is 23.0 Å². The number of aliphatic hydroxyl groups is 1. The molecule has 12 heavy (non-hydrogen) atoms. The Labute approximate surface area is 80.8 Å². The van der Waals surface area contributed by atoms with Crippen molar-refractivity contribution < 1.29 is 5.11 Å². The Kier molecular flexibility index (Phi) is 3.69. The van der Waals surface area contributed by atoms with E-state index in [4.69, 9.17) is 0 Å². The fourth-order valence-corrected chi connectivity index (χ4v) is 1.57. The number of nitrogens with zero attached hydrogens (tertiary/aromatic N) is 1. The number of rotatable bonds is 3. The molecular formula is C9H12BrNO. The van der Waals surface area contributed by atoms with Crippen LogP contribution in [0, 0.1) is 0 Å². The molecule has 1 N–H and O–H groups in total. The highest BCUT2D eigenvalue weighted by molar-refractivity contribution is 9.10. The Morgan fingerprint density at radius 3 is 3.00 bits per heavy atom. The van der Waals surface area contributed by atoms with Crippen LogP contribution in [0.4, 0.5) is 0 Å². The second-order valence-corrected chi connectivity index (χ2v) is 3.53. The van der Waals surface area contributed by atoms with Gasteiger partial charge in [-0.3, -0.25) is 4.98 Å². The lowest BCUT2D eigenvalue weighted by Gasteiger charge is -2.09. The summed E-state index contributed by atoms with van der Waals surface area (Å²) in [4.78, 5) is 4.10. The molecule has 0 spiro atoms. The Bertz CT molecular complexity index is 252. The van der Waals surface area contributed by atoms with Gasteiger partial charge in [0.05, 0.1) is 11.8 Å². The first-order valence-corrected chi connectivity index (χ1v) is 4.83. The summed E-state index contributed by atoms with van der Waals surface area (Å²) in [6.45, 7) is 2.04. The molecular weight excluding hydrogens is 218 g/mol. The predicted molar refractivity (Wildman–Crippen MR) is 51.8 cm³/mol. The number of pyridine rings is 1. The van der Waals surface area contributed by atoms with Gasteiger partial charge in [0.15, 0.2) is 0 Å². The Hall–Kier alpha value is -0.410. The molecule has 0 aliphatic heterocycles. The fraction of sp³-hybridized carbons (Fsp3) is 0.444. The minimum Gasteiger partial charge on any atom is -0.387 e. The average molecular weight is 230 g/mol. The van der Waals surface area contributed by atoms with E-state index in [1.807, 2.05) is 19.1 Å². The third kappa shape index (κ3) is 2.29. The SMILES string of the molecule is CCC[C@H](O)c1ncccc1Br. The first kappa shape index (κ1) is 9.68. The normalized spacial score (nSPS) is 12.9. The zero-order valence-corrected chi connectivity index (χ0v) is 8.58. The van der Waals surface area contributed by atoms with Gasteiger partial charge in [0.1, 0.15) is 0 Å². The van der Waals surface area contributed by atoms with Crippen molar-refractivity contribution in [2.75, 3.05) is 0 Å². The van der Waals surface area contributed by atoms with Crippen molar-refractivity contribution in [2.45, 2.75) is 25.9 Å². The molecule has 0 aliphatic carbocycles. The molecule has 0 unspecified atom stereocenters. The van der Waals surface area contributed by atoms with Gasteiger partial charge in [-0.2, -0.15) is 0 Å². The highest BCUT2D eigenvalue weighted by Gasteiger charge is 2.10. The molecule has 0 fully saturated rings. The van der Waals surface area contributed by atoms with Crippen molar-refractivity contribution >= 4 is 15.9 Å². The summed E-state index contributed by atoms with van der Waals surface area (Å²) in [5.74, 6) is 0. The van der Waals surface area contributed by atoms with E-state index in [2.05, 4.69) is 20.9 Å². The van der Waals surface area contributed by atoms with Crippen LogP contribution in [-0.2, 0) is 0 Å². The summed E-state index contributed by atoms with van der Waals surface area (Å²) in [5.41, 5.74) is 0.736. The maximum absolute atomic E-state index is 9.61. The maximum atomic E-state index is 9.61. The molecule has 2 nitrogen and oxygen atoms in total. The molecule has 1 aromatic heterocycles. The van der Waals surface area contributed by atoms with E-state index < -0.39 is 6.10 Å². The number of hydrogen-bond acceptors (Lipinski definition) is 2. The van der Waals surface area contributed by atoms with Gasteiger partial charge in [-0.15, -0.1) is 0 Å². The monoisotopic (exact) mass is 229 g/mol. The smallest absolute Gasteiger partial charge is 0.0971 e. The molecule has 1 aromatic rings. The van der Waals surface area contributed by atoms with Crippen LogP contribution in [0.1, 0.15) is 31.6 Å². The first-order chi connectivity index (χ1) is 5.75. The van der Waals surface area contributed by atoms with Gasteiger partial charge in [-0.1, -0.05) is 13.3 Å². The lowest BCUT2D eigenvalue weighted by atomic mass is 10.1. The van der Waals surface area contributed by atoms with E-state index in [0.29, 0.717) is 0 Å². The zero-order chi connectivity index (χ0) is 8.97. The van der Waals surface area contributed by atoms with Crippen molar-refractivity contribution in [2.24, 2.45) is 0 Å². The van der Waals surface area contributed by atoms with Crippen molar-refractivity contribution in [1.29, 1.82) is 0 Å². The molecule has 0 saturated heterocycles. The van der Waals surface area contributed by atoms with Crippen LogP contribution >= 0.6 is 15.9 Å². The van der Waals surface area contributed by atoms with Crippen molar-refractivity contribution in [1.82, 2.24) is 4.98 Å². The maximum Gasteiger partial charge on any atom is 0.0971 e. The zero-order valence-electron chi connectivity index (χ0n) is 7.00. The largest absolute Gasteiger partial charge is 0.387 e. The molecule has 0 saturated carbocycles. The molecule has 0 radical (unpaired) electrons. The highest BCUT2D eigenvalue weighted by Crippen LogP contribution is 2.23. The van der Waals surface area contributed by atoms with Crippen molar-refractivity contribution in [3.63, 3.8) is 0 Å². The summed E-state index contributed by atoms with van der Waals surface area (Å²) >= 11 is 3.34. The minimum atomic E-state index is -0.439. The van der Waals surface area contributed by atoms with E-state index in [1.54, 1.807) is 6.20 Å². The summed E-state index contributed by atoms with van der Waals surface area (Å²) in [6, 6.07) is 3.73.